The van der Waals surface area contributed by atoms with E-state index >= 15 is 0 Å². The SMILES string of the molecule is Fc1cc(F)c(C2=NCC=C2c2ccc3ncc(CCC4CN5CCN4CC5)cc3n2)cc1Cl. The second-order valence-corrected chi connectivity index (χ2v) is 9.57. The zero-order chi connectivity index (χ0) is 23.2. The van der Waals surface area contributed by atoms with Gasteiger partial charge >= 0.3 is 0 Å². The van der Waals surface area contributed by atoms with Crippen molar-refractivity contribution < 1.29 is 8.78 Å². The Hall–Kier alpha value is -2.74. The molecule has 0 amide bonds. The van der Waals surface area contributed by atoms with Gasteiger partial charge in [0.05, 0.1) is 34.0 Å². The molecule has 4 aliphatic rings. The Kier molecular flexibility index (Phi) is 5.63. The van der Waals surface area contributed by atoms with Crippen molar-refractivity contribution in [3.63, 3.8) is 0 Å². The van der Waals surface area contributed by atoms with Crippen LogP contribution in [0.2, 0.25) is 5.02 Å². The predicted octanol–water partition coefficient (Wildman–Crippen LogP) is 4.38. The van der Waals surface area contributed by atoms with E-state index in [0.29, 0.717) is 29.6 Å². The molecule has 0 radical (unpaired) electrons. The highest BCUT2D eigenvalue weighted by molar-refractivity contribution is 6.35. The van der Waals surface area contributed by atoms with Crippen LogP contribution in [-0.2, 0) is 6.42 Å². The van der Waals surface area contributed by atoms with Crippen molar-refractivity contribution in [1.29, 1.82) is 0 Å². The zero-order valence-electron chi connectivity index (χ0n) is 18.6. The summed E-state index contributed by atoms with van der Waals surface area (Å²) >= 11 is 5.91. The van der Waals surface area contributed by atoms with Crippen LogP contribution in [0.4, 0.5) is 8.78 Å². The third-order valence-corrected chi connectivity index (χ3v) is 7.38. The largest absolute Gasteiger partial charge is 0.299 e. The highest BCUT2D eigenvalue weighted by atomic mass is 35.5. The summed E-state index contributed by atoms with van der Waals surface area (Å²) in [6.45, 7) is 6.29. The Balaban J connectivity index is 1.25. The van der Waals surface area contributed by atoms with Gasteiger partial charge in [0.1, 0.15) is 11.6 Å². The molecule has 8 heteroatoms. The minimum absolute atomic E-state index is 0.134. The van der Waals surface area contributed by atoms with Gasteiger partial charge in [-0.3, -0.25) is 19.8 Å². The topological polar surface area (TPSA) is 44.6 Å². The first-order valence-corrected chi connectivity index (χ1v) is 12.1. The van der Waals surface area contributed by atoms with Gasteiger partial charge in [0, 0.05) is 62.2 Å². The van der Waals surface area contributed by atoms with Gasteiger partial charge in [-0.15, -0.1) is 0 Å². The lowest BCUT2D eigenvalue weighted by Crippen LogP contribution is -2.60. The number of fused-ring (bicyclic) bond motifs is 4. The smallest absolute Gasteiger partial charge is 0.144 e. The number of hydrogen-bond acceptors (Lipinski definition) is 5. The molecular formula is C26H24ClF2N5. The van der Waals surface area contributed by atoms with Gasteiger partial charge < -0.3 is 0 Å². The Labute approximate surface area is 201 Å². The van der Waals surface area contributed by atoms with E-state index in [1.54, 1.807) is 0 Å². The van der Waals surface area contributed by atoms with Crippen LogP contribution in [0.15, 0.2) is 47.6 Å². The van der Waals surface area contributed by atoms with Crippen molar-refractivity contribution >= 4 is 33.9 Å². The monoisotopic (exact) mass is 479 g/mol. The fourth-order valence-corrected chi connectivity index (χ4v) is 5.40. The summed E-state index contributed by atoms with van der Waals surface area (Å²) in [6, 6.07) is 8.58. The maximum absolute atomic E-state index is 14.5. The average Bonchev–Trinajstić information content (AvgIpc) is 3.35. The molecule has 0 aliphatic carbocycles. The van der Waals surface area contributed by atoms with Gasteiger partial charge in [-0.1, -0.05) is 17.7 Å². The quantitative estimate of drug-likeness (QED) is 0.509. The molecule has 7 rings (SSSR count). The number of aliphatic imine (C=N–C) groups is 1. The number of allylic oxidation sites excluding steroid dienone is 1. The van der Waals surface area contributed by atoms with Crippen LogP contribution < -0.4 is 0 Å². The zero-order valence-corrected chi connectivity index (χ0v) is 19.4. The van der Waals surface area contributed by atoms with E-state index in [1.165, 1.54) is 37.8 Å². The van der Waals surface area contributed by atoms with Crippen LogP contribution in [-0.4, -0.2) is 70.8 Å². The van der Waals surface area contributed by atoms with E-state index in [9.17, 15) is 8.78 Å². The summed E-state index contributed by atoms with van der Waals surface area (Å²) in [5, 5.41) is -0.134. The molecule has 0 saturated carbocycles. The number of halogens is 3. The second-order valence-electron chi connectivity index (χ2n) is 9.16. The van der Waals surface area contributed by atoms with Crippen molar-refractivity contribution in [2.75, 3.05) is 39.3 Å². The first-order valence-electron chi connectivity index (χ1n) is 11.7. The van der Waals surface area contributed by atoms with Gasteiger partial charge in [0.25, 0.3) is 0 Å². The Morgan fingerprint density at radius 1 is 1.00 bits per heavy atom. The summed E-state index contributed by atoms with van der Waals surface area (Å²) < 4.78 is 28.2. The van der Waals surface area contributed by atoms with E-state index in [4.69, 9.17) is 16.6 Å². The highest BCUT2D eigenvalue weighted by Gasteiger charge is 2.31. The average molecular weight is 480 g/mol. The van der Waals surface area contributed by atoms with Crippen molar-refractivity contribution in [2.45, 2.75) is 18.9 Å². The van der Waals surface area contributed by atoms with Gasteiger partial charge in [-0.05, 0) is 42.7 Å². The number of piperazine rings is 3. The van der Waals surface area contributed by atoms with Crippen molar-refractivity contribution in [3.05, 3.63) is 76.1 Å². The molecular weight excluding hydrogens is 456 g/mol. The molecule has 4 aliphatic heterocycles. The molecule has 1 unspecified atom stereocenters. The van der Waals surface area contributed by atoms with Crippen molar-refractivity contribution in [2.24, 2.45) is 4.99 Å². The fraction of sp³-hybridized carbons (Fsp3) is 0.346. The molecule has 2 bridgehead atoms. The molecule has 1 aromatic carbocycles. The minimum Gasteiger partial charge on any atom is -0.299 e. The third-order valence-electron chi connectivity index (χ3n) is 7.09. The number of hydrogen-bond donors (Lipinski definition) is 0. The van der Waals surface area contributed by atoms with Crippen LogP contribution in [0.5, 0.6) is 0 Å². The van der Waals surface area contributed by atoms with Gasteiger partial charge in [-0.2, -0.15) is 0 Å². The summed E-state index contributed by atoms with van der Waals surface area (Å²) in [6.07, 6.45) is 5.91. The lowest BCUT2D eigenvalue weighted by atomic mass is 9.99. The Morgan fingerprint density at radius 3 is 2.65 bits per heavy atom. The molecule has 6 heterocycles. The maximum atomic E-state index is 14.5. The normalized spacial score (nSPS) is 23.9. The number of rotatable bonds is 5. The summed E-state index contributed by atoms with van der Waals surface area (Å²) in [7, 11) is 0. The summed E-state index contributed by atoms with van der Waals surface area (Å²) in [5.74, 6) is -1.48. The van der Waals surface area contributed by atoms with Crippen molar-refractivity contribution in [1.82, 2.24) is 19.8 Å². The number of pyridine rings is 2. The lowest BCUT2D eigenvalue weighted by Gasteiger charge is -2.47. The molecule has 3 fully saturated rings. The molecule has 0 N–H and O–H groups in total. The Morgan fingerprint density at radius 2 is 1.85 bits per heavy atom. The third kappa shape index (κ3) is 4.02. The molecule has 3 aromatic rings. The summed E-state index contributed by atoms with van der Waals surface area (Å²) in [5.41, 5.74) is 4.80. The van der Waals surface area contributed by atoms with E-state index in [1.807, 2.05) is 24.4 Å². The molecule has 174 valence electrons. The number of aryl methyl sites for hydroxylation is 1. The van der Waals surface area contributed by atoms with E-state index < -0.39 is 11.6 Å². The second kappa shape index (κ2) is 8.80. The van der Waals surface area contributed by atoms with Crippen molar-refractivity contribution in [3.8, 4) is 0 Å². The highest BCUT2D eigenvalue weighted by Crippen LogP contribution is 2.29. The Bertz CT molecular complexity index is 1330. The van der Waals surface area contributed by atoms with Gasteiger partial charge in [-0.25, -0.2) is 13.8 Å². The first-order chi connectivity index (χ1) is 16.5. The fourth-order valence-electron chi connectivity index (χ4n) is 5.24. The lowest BCUT2D eigenvalue weighted by molar-refractivity contribution is 0.0100. The molecule has 0 spiro atoms. The standard InChI is InChI=1S/C26H24ClF2N5/c27-20-12-19(21(28)13-22(20)29)26-18(5-6-30-26)23-3-4-24-25(32-23)11-16(14-31-24)1-2-17-15-33-7-9-34(17)10-8-33/h3-5,11-14,17H,1-2,6-10,15H2. The number of benzene rings is 1. The van der Waals surface area contributed by atoms with E-state index in [0.717, 1.165) is 36.5 Å². The van der Waals surface area contributed by atoms with Gasteiger partial charge in [0.2, 0.25) is 0 Å². The molecule has 1 atom stereocenters. The molecule has 5 nitrogen and oxygen atoms in total. The van der Waals surface area contributed by atoms with Gasteiger partial charge in [0.15, 0.2) is 0 Å². The first kappa shape index (κ1) is 21.8. The molecule has 34 heavy (non-hydrogen) atoms. The van der Waals surface area contributed by atoms with E-state index in [-0.39, 0.29) is 10.6 Å². The predicted molar refractivity (Wildman–Crippen MR) is 130 cm³/mol. The number of nitrogens with zero attached hydrogens (tertiary/aromatic N) is 5. The van der Waals surface area contributed by atoms with E-state index in [2.05, 4.69) is 25.8 Å². The molecule has 3 saturated heterocycles. The van der Waals surface area contributed by atoms with Crippen LogP contribution in [0, 0.1) is 11.6 Å². The molecule has 2 aromatic heterocycles. The minimum atomic E-state index is -0.787. The van der Waals surface area contributed by atoms with Crippen LogP contribution in [0.25, 0.3) is 16.6 Å². The van der Waals surface area contributed by atoms with Crippen LogP contribution >= 0.6 is 11.6 Å². The summed E-state index contributed by atoms with van der Waals surface area (Å²) in [4.78, 5) is 19.1. The maximum Gasteiger partial charge on any atom is 0.144 e. The number of aromatic nitrogens is 2. The van der Waals surface area contributed by atoms with Crippen LogP contribution in [0.3, 0.4) is 0 Å². The van der Waals surface area contributed by atoms with Crippen LogP contribution in [0.1, 0.15) is 23.2 Å².